The Balaban J connectivity index is 0.00000289. The zero-order chi connectivity index (χ0) is 12.9. The van der Waals surface area contributed by atoms with E-state index in [1.165, 1.54) is 19.4 Å². The molecule has 1 N–H and O–H groups in total. The predicted octanol–water partition coefficient (Wildman–Crippen LogP) is -2.63. The first-order valence-corrected chi connectivity index (χ1v) is 6.30. The van der Waals surface area contributed by atoms with Gasteiger partial charge in [-0.15, -0.1) is 0 Å². The van der Waals surface area contributed by atoms with E-state index in [0.717, 1.165) is 0 Å². The van der Waals surface area contributed by atoms with Crippen molar-refractivity contribution >= 4 is 16.3 Å². The van der Waals surface area contributed by atoms with Crippen molar-refractivity contribution in [3.05, 3.63) is 23.8 Å². The second-order valence-electron chi connectivity index (χ2n) is 3.22. The molecule has 18 heavy (non-hydrogen) atoms. The number of aliphatic imine (C=N–C) groups is 1. The van der Waals surface area contributed by atoms with E-state index in [1.54, 1.807) is 12.1 Å². The number of phenols is 1. The standard InChI is InChI=1S/C10H13NO5S.Na/c1-16-9-2-3-10(12)8(6-9)7-11-4-5-17(13,14)15;/h2-3,6-7,12H,4-5H2,1H3,(H,13,14,15);/q;+1/p-1. The molecule has 1 aromatic rings. The van der Waals surface area contributed by atoms with Gasteiger partial charge < -0.3 is 14.4 Å². The van der Waals surface area contributed by atoms with Crippen molar-refractivity contribution < 1.29 is 52.4 Å². The van der Waals surface area contributed by atoms with Crippen molar-refractivity contribution in [3.63, 3.8) is 0 Å². The molecule has 0 fully saturated rings. The molecule has 0 saturated carbocycles. The third kappa shape index (κ3) is 6.36. The zero-order valence-electron chi connectivity index (χ0n) is 10.2. The Hall–Kier alpha value is -0.600. The van der Waals surface area contributed by atoms with E-state index >= 15 is 0 Å². The van der Waals surface area contributed by atoms with Crippen LogP contribution in [0, 0.1) is 0 Å². The minimum atomic E-state index is -4.25. The summed E-state index contributed by atoms with van der Waals surface area (Å²) in [5.41, 5.74) is 0.396. The van der Waals surface area contributed by atoms with E-state index in [1.807, 2.05) is 0 Å². The molecule has 0 aliphatic heterocycles. The van der Waals surface area contributed by atoms with Gasteiger partial charge in [-0.1, -0.05) is 0 Å². The van der Waals surface area contributed by atoms with Gasteiger partial charge in [0.2, 0.25) is 0 Å². The Kier molecular flexibility index (Phi) is 7.49. The topological polar surface area (TPSA) is 99.0 Å². The summed E-state index contributed by atoms with van der Waals surface area (Å²) in [6, 6.07) is 4.56. The van der Waals surface area contributed by atoms with Crippen molar-refractivity contribution in [2.24, 2.45) is 4.99 Å². The van der Waals surface area contributed by atoms with E-state index in [9.17, 15) is 18.1 Å². The first kappa shape index (κ1) is 17.4. The van der Waals surface area contributed by atoms with Crippen LogP contribution in [0.2, 0.25) is 0 Å². The van der Waals surface area contributed by atoms with E-state index in [-0.39, 0.29) is 41.9 Å². The van der Waals surface area contributed by atoms with Crippen LogP contribution in [0.3, 0.4) is 0 Å². The first-order chi connectivity index (χ1) is 7.92. The minimum Gasteiger partial charge on any atom is -0.748 e. The normalized spacial score (nSPS) is 11.2. The van der Waals surface area contributed by atoms with Gasteiger partial charge in [-0.05, 0) is 18.2 Å². The molecular weight excluding hydrogens is 269 g/mol. The maximum Gasteiger partial charge on any atom is 1.00 e. The van der Waals surface area contributed by atoms with Crippen LogP contribution in [-0.2, 0) is 10.1 Å². The van der Waals surface area contributed by atoms with Crippen LogP contribution >= 0.6 is 0 Å². The van der Waals surface area contributed by atoms with Gasteiger partial charge >= 0.3 is 29.6 Å². The summed E-state index contributed by atoms with van der Waals surface area (Å²) in [5.74, 6) is -0.0194. The van der Waals surface area contributed by atoms with Crippen molar-refractivity contribution in [3.8, 4) is 11.5 Å². The molecule has 0 saturated heterocycles. The van der Waals surface area contributed by atoms with Crippen molar-refractivity contribution in [2.45, 2.75) is 0 Å². The SMILES string of the molecule is COc1ccc(O)c(C=NCCS(=O)(=O)[O-])c1.[Na+]. The fourth-order valence-electron chi connectivity index (χ4n) is 1.09. The summed E-state index contributed by atoms with van der Waals surface area (Å²) in [7, 11) is -2.77. The summed E-state index contributed by atoms with van der Waals surface area (Å²) >= 11 is 0. The largest absolute Gasteiger partial charge is 1.00 e. The first-order valence-electron chi connectivity index (χ1n) is 4.73. The molecule has 1 aromatic carbocycles. The number of phenolic OH excluding ortho intramolecular Hbond substituents is 1. The molecule has 0 bridgehead atoms. The third-order valence-electron chi connectivity index (χ3n) is 1.94. The summed E-state index contributed by atoms with van der Waals surface area (Å²) in [6.45, 7) is -0.136. The van der Waals surface area contributed by atoms with E-state index in [4.69, 9.17) is 4.74 Å². The number of nitrogens with zero attached hydrogens (tertiary/aromatic N) is 1. The van der Waals surface area contributed by atoms with Crippen LogP contribution < -0.4 is 34.3 Å². The molecule has 0 aromatic heterocycles. The van der Waals surface area contributed by atoms with E-state index < -0.39 is 15.9 Å². The maximum atomic E-state index is 10.3. The van der Waals surface area contributed by atoms with Crippen LogP contribution in [0.25, 0.3) is 0 Å². The van der Waals surface area contributed by atoms with E-state index in [2.05, 4.69) is 4.99 Å². The Bertz CT molecular complexity index is 515. The number of benzene rings is 1. The summed E-state index contributed by atoms with van der Waals surface area (Å²) < 4.78 is 35.9. The molecule has 8 heteroatoms. The monoisotopic (exact) mass is 281 g/mol. The van der Waals surface area contributed by atoms with Gasteiger partial charge in [0.25, 0.3) is 0 Å². The maximum absolute atomic E-state index is 10.3. The Morgan fingerprint density at radius 1 is 1.50 bits per heavy atom. The average Bonchev–Trinajstić information content (AvgIpc) is 2.25. The van der Waals surface area contributed by atoms with Crippen molar-refractivity contribution in [1.82, 2.24) is 0 Å². The van der Waals surface area contributed by atoms with Gasteiger partial charge in [0, 0.05) is 11.8 Å². The summed E-state index contributed by atoms with van der Waals surface area (Å²) in [6.07, 6.45) is 1.29. The van der Waals surface area contributed by atoms with Crippen LogP contribution in [0.5, 0.6) is 11.5 Å². The second-order valence-corrected chi connectivity index (χ2v) is 4.75. The molecule has 0 amide bonds. The van der Waals surface area contributed by atoms with Crippen LogP contribution in [0.4, 0.5) is 0 Å². The molecule has 0 radical (unpaired) electrons. The molecule has 0 unspecified atom stereocenters. The summed E-state index contributed by atoms with van der Waals surface area (Å²) in [5, 5.41) is 9.46. The number of rotatable bonds is 5. The molecule has 1 rings (SSSR count). The fraction of sp³-hybridized carbons (Fsp3) is 0.300. The molecule has 0 aliphatic rings. The van der Waals surface area contributed by atoms with Gasteiger partial charge in [0.05, 0.1) is 29.5 Å². The number of aromatic hydroxyl groups is 1. The Morgan fingerprint density at radius 2 is 2.17 bits per heavy atom. The third-order valence-corrected chi connectivity index (χ3v) is 2.62. The Labute approximate surface area is 128 Å². The number of hydrogen-bond acceptors (Lipinski definition) is 6. The molecule has 0 atom stereocenters. The molecular formula is C10H12NNaO5S. The van der Waals surface area contributed by atoms with Gasteiger partial charge in [0.15, 0.2) is 0 Å². The minimum absolute atomic E-state index is 0. The zero-order valence-corrected chi connectivity index (χ0v) is 13.0. The van der Waals surface area contributed by atoms with Gasteiger partial charge in [-0.3, -0.25) is 4.99 Å². The van der Waals surface area contributed by atoms with Crippen molar-refractivity contribution in [2.75, 3.05) is 19.4 Å². The van der Waals surface area contributed by atoms with Gasteiger partial charge in [0.1, 0.15) is 11.5 Å². The second kappa shape index (κ2) is 7.75. The molecule has 0 spiro atoms. The molecule has 0 aliphatic carbocycles. The molecule has 94 valence electrons. The van der Waals surface area contributed by atoms with Crippen LogP contribution in [0.15, 0.2) is 23.2 Å². The number of hydrogen-bond donors (Lipinski definition) is 1. The molecule has 6 nitrogen and oxygen atoms in total. The average molecular weight is 281 g/mol. The predicted molar refractivity (Wildman–Crippen MR) is 61.7 cm³/mol. The van der Waals surface area contributed by atoms with E-state index in [0.29, 0.717) is 11.3 Å². The van der Waals surface area contributed by atoms with Crippen LogP contribution in [0.1, 0.15) is 5.56 Å². The van der Waals surface area contributed by atoms with Gasteiger partial charge in [-0.25, -0.2) is 8.42 Å². The fourth-order valence-corrected chi connectivity index (χ4v) is 1.42. The van der Waals surface area contributed by atoms with Gasteiger partial charge in [-0.2, -0.15) is 0 Å². The molecule has 0 heterocycles. The number of ether oxygens (including phenoxy) is 1. The summed E-state index contributed by atoms with van der Waals surface area (Å²) in [4.78, 5) is 3.74. The van der Waals surface area contributed by atoms with Crippen LogP contribution in [-0.4, -0.2) is 43.7 Å². The Morgan fingerprint density at radius 3 is 2.72 bits per heavy atom. The smallest absolute Gasteiger partial charge is 0.748 e. The number of methoxy groups -OCH3 is 1. The van der Waals surface area contributed by atoms with Crippen molar-refractivity contribution in [1.29, 1.82) is 0 Å². The quantitative estimate of drug-likeness (QED) is 0.361.